The monoisotopic (exact) mass is 433 g/mol. The number of anilines is 1. The van der Waals surface area contributed by atoms with Crippen molar-refractivity contribution in [2.24, 2.45) is 5.92 Å². The Labute approximate surface area is 187 Å². The lowest BCUT2D eigenvalue weighted by Gasteiger charge is -2.32. The predicted molar refractivity (Wildman–Crippen MR) is 120 cm³/mol. The Morgan fingerprint density at radius 3 is 2.84 bits per heavy atom. The lowest BCUT2D eigenvalue weighted by molar-refractivity contribution is -0.134. The van der Waals surface area contributed by atoms with E-state index in [1.807, 2.05) is 42.0 Å². The number of carbonyl (C=O) groups excluding carboxylic acids is 2. The van der Waals surface area contributed by atoms with Crippen molar-refractivity contribution in [2.75, 3.05) is 18.4 Å². The molecular formula is C24H27N5O3. The van der Waals surface area contributed by atoms with Gasteiger partial charge in [-0.2, -0.15) is 0 Å². The lowest BCUT2D eigenvalue weighted by Crippen LogP contribution is -2.44. The van der Waals surface area contributed by atoms with Gasteiger partial charge in [0.1, 0.15) is 11.6 Å². The molecule has 8 nitrogen and oxygen atoms in total. The first-order valence-corrected chi connectivity index (χ1v) is 10.8. The van der Waals surface area contributed by atoms with Crippen LogP contribution in [0, 0.1) is 12.8 Å². The fraction of sp³-hybridized carbons (Fsp3) is 0.333. The number of amides is 2. The molecule has 1 aliphatic heterocycles. The summed E-state index contributed by atoms with van der Waals surface area (Å²) in [5, 5.41) is 2.99. The molecule has 1 atom stereocenters. The Morgan fingerprint density at radius 1 is 1.19 bits per heavy atom. The number of piperidine rings is 1. The van der Waals surface area contributed by atoms with Gasteiger partial charge >= 0.3 is 0 Å². The summed E-state index contributed by atoms with van der Waals surface area (Å²) >= 11 is 0. The highest BCUT2D eigenvalue weighted by Gasteiger charge is 2.28. The molecule has 1 fully saturated rings. The van der Waals surface area contributed by atoms with Crippen LogP contribution < -0.4 is 10.1 Å². The van der Waals surface area contributed by atoms with Crippen molar-refractivity contribution in [1.29, 1.82) is 0 Å². The number of carbonyl (C=O) groups is 2. The second-order valence-electron chi connectivity index (χ2n) is 7.87. The molecule has 0 aliphatic carbocycles. The average molecular weight is 434 g/mol. The molecule has 32 heavy (non-hydrogen) atoms. The highest BCUT2D eigenvalue weighted by molar-refractivity contribution is 5.94. The molecule has 0 bridgehead atoms. The van der Waals surface area contributed by atoms with E-state index in [0.717, 1.165) is 18.7 Å². The van der Waals surface area contributed by atoms with Crippen LogP contribution in [0.4, 0.5) is 5.69 Å². The van der Waals surface area contributed by atoms with E-state index in [0.29, 0.717) is 43.2 Å². The molecule has 0 unspecified atom stereocenters. The van der Waals surface area contributed by atoms with E-state index in [-0.39, 0.29) is 17.7 Å². The Hall–Kier alpha value is -3.68. The Balaban J connectivity index is 1.35. The molecule has 1 N–H and O–H groups in total. The topological polar surface area (TPSA) is 89.4 Å². The van der Waals surface area contributed by atoms with Crippen molar-refractivity contribution in [3.05, 3.63) is 67.0 Å². The predicted octanol–water partition coefficient (Wildman–Crippen LogP) is 3.65. The number of aryl methyl sites for hydroxylation is 2. The van der Waals surface area contributed by atoms with Crippen molar-refractivity contribution >= 4 is 17.5 Å². The van der Waals surface area contributed by atoms with Gasteiger partial charge in [0.15, 0.2) is 5.75 Å². The number of hydrogen-bond donors (Lipinski definition) is 1. The zero-order chi connectivity index (χ0) is 22.3. The molecule has 8 heteroatoms. The van der Waals surface area contributed by atoms with Gasteiger partial charge < -0.3 is 19.5 Å². The number of imidazole rings is 1. The van der Waals surface area contributed by atoms with E-state index >= 15 is 0 Å². The molecule has 1 saturated heterocycles. The number of hydrogen-bond acceptors (Lipinski definition) is 5. The summed E-state index contributed by atoms with van der Waals surface area (Å²) < 4.78 is 7.85. The van der Waals surface area contributed by atoms with E-state index in [1.54, 1.807) is 35.6 Å². The summed E-state index contributed by atoms with van der Waals surface area (Å²) in [6.45, 7) is 3.63. The van der Waals surface area contributed by atoms with Crippen LogP contribution in [-0.4, -0.2) is 44.3 Å². The van der Waals surface area contributed by atoms with Gasteiger partial charge in [0.25, 0.3) is 0 Å². The normalized spacial score (nSPS) is 15.9. The maximum Gasteiger partial charge on any atom is 0.229 e. The van der Waals surface area contributed by atoms with Crippen LogP contribution in [0.15, 0.2) is 61.2 Å². The molecule has 3 aromatic rings. The number of aromatic nitrogens is 3. The number of likely N-dealkylation sites (tertiary alicyclic amines) is 1. The first-order valence-electron chi connectivity index (χ1n) is 10.8. The fourth-order valence-electron chi connectivity index (χ4n) is 3.86. The van der Waals surface area contributed by atoms with Crippen LogP contribution in [0.1, 0.15) is 25.1 Å². The quantitative estimate of drug-likeness (QED) is 0.614. The van der Waals surface area contributed by atoms with Crippen molar-refractivity contribution < 1.29 is 14.3 Å². The molecule has 4 rings (SSSR count). The molecule has 0 saturated carbocycles. The van der Waals surface area contributed by atoms with Crippen LogP contribution in [0.25, 0.3) is 0 Å². The van der Waals surface area contributed by atoms with Crippen molar-refractivity contribution in [3.63, 3.8) is 0 Å². The molecule has 2 aromatic heterocycles. The zero-order valence-electron chi connectivity index (χ0n) is 18.1. The van der Waals surface area contributed by atoms with E-state index in [4.69, 9.17) is 4.74 Å². The molecule has 1 aliphatic rings. The average Bonchev–Trinajstić information content (AvgIpc) is 3.24. The van der Waals surface area contributed by atoms with Gasteiger partial charge in [0, 0.05) is 44.6 Å². The number of nitrogens with one attached hydrogen (secondary N) is 1. The van der Waals surface area contributed by atoms with Crippen LogP contribution in [-0.2, 0) is 16.1 Å². The smallest absolute Gasteiger partial charge is 0.229 e. The van der Waals surface area contributed by atoms with Crippen LogP contribution in [0.3, 0.4) is 0 Å². The third-order valence-electron chi connectivity index (χ3n) is 5.64. The SMILES string of the molecule is Cc1nccn1CCC(=O)N1CCC[C@@H](C(=O)Nc2ccccc2Oc2cccnc2)C1. The molecule has 2 amide bonds. The van der Waals surface area contributed by atoms with E-state index in [1.165, 1.54) is 0 Å². The van der Waals surface area contributed by atoms with Crippen LogP contribution in [0.2, 0.25) is 0 Å². The number of ether oxygens (including phenoxy) is 1. The van der Waals surface area contributed by atoms with Gasteiger partial charge in [0.05, 0.1) is 17.8 Å². The maximum atomic E-state index is 13.0. The molecule has 0 radical (unpaired) electrons. The summed E-state index contributed by atoms with van der Waals surface area (Å²) in [5.41, 5.74) is 0.598. The summed E-state index contributed by atoms with van der Waals surface area (Å²) in [6.07, 6.45) is 8.86. The number of para-hydroxylation sites is 2. The summed E-state index contributed by atoms with van der Waals surface area (Å²) in [5.74, 6) is 1.74. The third kappa shape index (κ3) is 5.32. The zero-order valence-corrected chi connectivity index (χ0v) is 18.1. The summed E-state index contributed by atoms with van der Waals surface area (Å²) in [6, 6.07) is 10.9. The van der Waals surface area contributed by atoms with E-state index in [9.17, 15) is 9.59 Å². The minimum Gasteiger partial charge on any atom is -0.454 e. The lowest BCUT2D eigenvalue weighted by atomic mass is 9.96. The van der Waals surface area contributed by atoms with Gasteiger partial charge in [-0.05, 0) is 44.0 Å². The van der Waals surface area contributed by atoms with Crippen LogP contribution >= 0.6 is 0 Å². The second-order valence-corrected chi connectivity index (χ2v) is 7.87. The van der Waals surface area contributed by atoms with Gasteiger partial charge in [-0.3, -0.25) is 14.6 Å². The van der Waals surface area contributed by atoms with E-state index < -0.39 is 0 Å². The summed E-state index contributed by atoms with van der Waals surface area (Å²) in [4.78, 5) is 35.8. The Kier molecular flexibility index (Phi) is 6.79. The standard InChI is InChI=1S/C24H27N5O3/c1-18-26-12-15-28(18)14-10-23(30)29-13-5-6-19(17-29)24(31)27-21-8-2-3-9-22(21)32-20-7-4-11-25-16-20/h2-4,7-9,11-12,15-16,19H,5-6,10,13-14,17H2,1H3,(H,27,31)/t19-/m1/s1. The van der Waals surface area contributed by atoms with Crippen molar-refractivity contribution in [2.45, 2.75) is 32.7 Å². The minimum atomic E-state index is -0.255. The maximum absolute atomic E-state index is 13.0. The second kappa shape index (κ2) is 10.1. The first kappa shape index (κ1) is 21.5. The first-order chi connectivity index (χ1) is 15.6. The molecular weight excluding hydrogens is 406 g/mol. The number of nitrogens with zero attached hydrogens (tertiary/aromatic N) is 4. The molecule has 1 aromatic carbocycles. The van der Waals surface area contributed by atoms with Gasteiger partial charge in [-0.25, -0.2) is 4.98 Å². The molecule has 166 valence electrons. The van der Waals surface area contributed by atoms with Crippen molar-refractivity contribution in [1.82, 2.24) is 19.4 Å². The van der Waals surface area contributed by atoms with Gasteiger partial charge in [0.2, 0.25) is 11.8 Å². The number of rotatable bonds is 7. The van der Waals surface area contributed by atoms with Crippen molar-refractivity contribution in [3.8, 4) is 11.5 Å². The summed E-state index contributed by atoms with van der Waals surface area (Å²) in [7, 11) is 0. The number of benzene rings is 1. The molecule has 3 heterocycles. The third-order valence-corrected chi connectivity index (χ3v) is 5.64. The largest absolute Gasteiger partial charge is 0.454 e. The van der Waals surface area contributed by atoms with E-state index in [2.05, 4.69) is 15.3 Å². The van der Waals surface area contributed by atoms with Gasteiger partial charge in [-0.1, -0.05) is 12.1 Å². The number of pyridine rings is 1. The Morgan fingerprint density at radius 2 is 2.06 bits per heavy atom. The van der Waals surface area contributed by atoms with Crippen LogP contribution in [0.5, 0.6) is 11.5 Å². The molecule has 0 spiro atoms. The minimum absolute atomic E-state index is 0.0657. The Bertz CT molecular complexity index is 1070. The fourth-order valence-corrected chi connectivity index (χ4v) is 3.86. The van der Waals surface area contributed by atoms with Gasteiger partial charge in [-0.15, -0.1) is 0 Å². The highest BCUT2D eigenvalue weighted by Crippen LogP contribution is 2.30. The highest BCUT2D eigenvalue weighted by atomic mass is 16.5.